The second-order valence-corrected chi connectivity index (χ2v) is 4.32. The Hall–Kier alpha value is -2.23. The fourth-order valence-corrected chi connectivity index (χ4v) is 2.06. The lowest BCUT2D eigenvalue weighted by molar-refractivity contribution is 0.627. The molecule has 1 aromatic heterocycles. The van der Waals surface area contributed by atoms with Crippen LogP contribution in [0.25, 0.3) is 0 Å². The monoisotopic (exact) mass is 241 g/mol. The van der Waals surface area contributed by atoms with Crippen molar-refractivity contribution < 1.29 is 4.39 Å². The molecule has 0 amide bonds. The third-order valence-electron chi connectivity index (χ3n) is 2.83. The van der Waals surface area contributed by atoms with Crippen LogP contribution in [0.2, 0.25) is 0 Å². The minimum Gasteiger partial charge on any atom is -0.339 e. The smallest absolute Gasteiger partial charge is 0.152 e. The van der Waals surface area contributed by atoms with Gasteiger partial charge in [0.15, 0.2) is 5.84 Å². The van der Waals surface area contributed by atoms with Crippen molar-refractivity contribution in [1.29, 1.82) is 0 Å². The van der Waals surface area contributed by atoms with Gasteiger partial charge in [-0.2, -0.15) is 0 Å². The van der Waals surface area contributed by atoms with Crippen molar-refractivity contribution >= 4 is 11.5 Å². The number of halogens is 1. The van der Waals surface area contributed by atoms with Crippen LogP contribution in [0.5, 0.6) is 0 Å². The summed E-state index contributed by atoms with van der Waals surface area (Å²) in [5, 5.41) is 3.13. The molecule has 0 atom stereocenters. The molecule has 0 saturated heterocycles. The molecule has 0 bridgehead atoms. The molecule has 4 heteroatoms. The van der Waals surface area contributed by atoms with Crippen LogP contribution < -0.4 is 5.32 Å². The Morgan fingerprint density at radius 2 is 2.17 bits per heavy atom. The van der Waals surface area contributed by atoms with E-state index in [1.54, 1.807) is 6.20 Å². The van der Waals surface area contributed by atoms with E-state index < -0.39 is 0 Å². The van der Waals surface area contributed by atoms with Crippen molar-refractivity contribution in [2.45, 2.75) is 13.5 Å². The molecule has 90 valence electrons. The summed E-state index contributed by atoms with van der Waals surface area (Å²) in [7, 11) is 0. The number of amidine groups is 1. The molecule has 0 radical (unpaired) electrons. The molecular formula is C14H12FN3. The minimum absolute atomic E-state index is 0.252. The van der Waals surface area contributed by atoms with Gasteiger partial charge in [-0.1, -0.05) is 6.07 Å². The van der Waals surface area contributed by atoms with Gasteiger partial charge in [0.2, 0.25) is 0 Å². The van der Waals surface area contributed by atoms with Gasteiger partial charge in [0.25, 0.3) is 0 Å². The average molecular weight is 241 g/mol. The number of aliphatic imine (C=N–C) groups is 1. The SMILES string of the molecule is Cc1cc(F)cc(NC2=NCc3cccnc32)c1. The molecule has 0 fully saturated rings. The summed E-state index contributed by atoms with van der Waals surface area (Å²) in [6, 6.07) is 8.72. The number of hydrogen-bond acceptors (Lipinski definition) is 3. The fourth-order valence-electron chi connectivity index (χ4n) is 2.06. The lowest BCUT2D eigenvalue weighted by Crippen LogP contribution is -2.13. The number of nitrogens with zero attached hydrogens (tertiary/aromatic N) is 2. The predicted octanol–water partition coefficient (Wildman–Crippen LogP) is 2.90. The van der Waals surface area contributed by atoms with Gasteiger partial charge in [-0.05, 0) is 36.8 Å². The van der Waals surface area contributed by atoms with E-state index in [1.807, 2.05) is 25.1 Å². The van der Waals surface area contributed by atoms with Crippen LogP contribution >= 0.6 is 0 Å². The zero-order chi connectivity index (χ0) is 12.5. The minimum atomic E-state index is -0.252. The average Bonchev–Trinajstić information content (AvgIpc) is 2.72. The number of anilines is 1. The van der Waals surface area contributed by atoms with E-state index in [1.165, 1.54) is 12.1 Å². The van der Waals surface area contributed by atoms with Gasteiger partial charge in [-0.3, -0.25) is 9.98 Å². The Morgan fingerprint density at radius 3 is 3.00 bits per heavy atom. The molecule has 0 aliphatic carbocycles. The van der Waals surface area contributed by atoms with E-state index in [0.717, 1.165) is 16.8 Å². The van der Waals surface area contributed by atoms with E-state index in [4.69, 9.17) is 0 Å². The second-order valence-electron chi connectivity index (χ2n) is 4.32. The van der Waals surface area contributed by atoms with Gasteiger partial charge < -0.3 is 5.32 Å². The number of aryl methyl sites for hydroxylation is 1. The normalized spacial score (nSPS) is 13.1. The Bertz CT molecular complexity index is 614. The largest absolute Gasteiger partial charge is 0.339 e. The first-order valence-electron chi connectivity index (χ1n) is 5.75. The van der Waals surface area contributed by atoms with Crippen molar-refractivity contribution in [2.24, 2.45) is 4.99 Å². The zero-order valence-electron chi connectivity index (χ0n) is 9.94. The highest BCUT2D eigenvalue weighted by molar-refractivity contribution is 6.09. The van der Waals surface area contributed by atoms with Crippen LogP contribution in [0.4, 0.5) is 10.1 Å². The first kappa shape index (κ1) is 10.9. The molecule has 1 aromatic carbocycles. The molecule has 0 unspecified atom stereocenters. The highest BCUT2D eigenvalue weighted by Gasteiger charge is 2.16. The van der Waals surface area contributed by atoms with E-state index in [9.17, 15) is 4.39 Å². The van der Waals surface area contributed by atoms with Gasteiger partial charge >= 0.3 is 0 Å². The fraction of sp³-hybridized carbons (Fsp3) is 0.143. The van der Waals surface area contributed by atoms with E-state index in [0.29, 0.717) is 18.1 Å². The number of hydrogen-bond donors (Lipinski definition) is 1. The van der Waals surface area contributed by atoms with Crippen LogP contribution in [0.1, 0.15) is 16.8 Å². The summed E-state index contributed by atoms with van der Waals surface area (Å²) < 4.78 is 13.3. The van der Waals surface area contributed by atoms with Gasteiger partial charge in [0, 0.05) is 17.4 Å². The lowest BCUT2D eigenvalue weighted by Gasteiger charge is -2.07. The standard InChI is InChI=1S/C14H12FN3/c1-9-5-11(15)7-12(6-9)18-14-13-10(8-17-14)3-2-4-16-13/h2-7H,8H2,1H3,(H,17,18). The van der Waals surface area contributed by atoms with Crippen LogP contribution in [-0.2, 0) is 6.54 Å². The Balaban J connectivity index is 1.90. The van der Waals surface area contributed by atoms with E-state index in [-0.39, 0.29) is 5.82 Å². The molecule has 2 aromatic rings. The number of aromatic nitrogens is 1. The first-order valence-corrected chi connectivity index (χ1v) is 5.75. The number of rotatable bonds is 1. The molecule has 1 aliphatic rings. The summed E-state index contributed by atoms with van der Waals surface area (Å²) in [6.07, 6.45) is 1.73. The molecule has 18 heavy (non-hydrogen) atoms. The highest BCUT2D eigenvalue weighted by atomic mass is 19.1. The molecular weight excluding hydrogens is 229 g/mol. The van der Waals surface area contributed by atoms with Crippen LogP contribution in [0.3, 0.4) is 0 Å². The maximum absolute atomic E-state index is 13.3. The molecule has 0 spiro atoms. The third kappa shape index (κ3) is 1.97. The van der Waals surface area contributed by atoms with Crippen molar-refractivity contribution in [3.8, 4) is 0 Å². The van der Waals surface area contributed by atoms with Crippen molar-refractivity contribution in [2.75, 3.05) is 5.32 Å². The summed E-state index contributed by atoms with van der Waals surface area (Å²) in [6.45, 7) is 2.48. The maximum atomic E-state index is 13.3. The van der Waals surface area contributed by atoms with Gasteiger partial charge in [0.05, 0.1) is 6.54 Å². The lowest BCUT2D eigenvalue weighted by atomic mass is 10.2. The molecule has 3 rings (SSSR count). The number of benzene rings is 1. The number of nitrogens with one attached hydrogen (secondary N) is 1. The maximum Gasteiger partial charge on any atom is 0.152 e. The van der Waals surface area contributed by atoms with Crippen molar-refractivity contribution in [3.05, 3.63) is 59.2 Å². The van der Waals surface area contributed by atoms with Crippen LogP contribution in [0, 0.1) is 12.7 Å². The molecule has 0 saturated carbocycles. The van der Waals surface area contributed by atoms with E-state index in [2.05, 4.69) is 15.3 Å². The Labute approximate surface area is 104 Å². The zero-order valence-corrected chi connectivity index (χ0v) is 9.94. The Morgan fingerprint density at radius 1 is 1.28 bits per heavy atom. The Kier molecular flexibility index (Phi) is 2.55. The third-order valence-corrected chi connectivity index (χ3v) is 2.83. The molecule has 1 aliphatic heterocycles. The molecule has 2 heterocycles. The summed E-state index contributed by atoms with van der Waals surface area (Å²) in [4.78, 5) is 8.67. The predicted molar refractivity (Wildman–Crippen MR) is 69.2 cm³/mol. The quantitative estimate of drug-likeness (QED) is 0.833. The van der Waals surface area contributed by atoms with E-state index >= 15 is 0 Å². The summed E-state index contributed by atoms with van der Waals surface area (Å²) >= 11 is 0. The van der Waals surface area contributed by atoms with Crippen molar-refractivity contribution in [1.82, 2.24) is 4.98 Å². The second kappa shape index (κ2) is 4.22. The van der Waals surface area contributed by atoms with Gasteiger partial charge in [-0.15, -0.1) is 0 Å². The topological polar surface area (TPSA) is 37.3 Å². The van der Waals surface area contributed by atoms with Gasteiger partial charge in [0.1, 0.15) is 11.5 Å². The first-order chi connectivity index (χ1) is 8.72. The number of pyridine rings is 1. The number of fused-ring (bicyclic) bond motifs is 1. The highest BCUT2D eigenvalue weighted by Crippen LogP contribution is 2.19. The van der Waals surface area contributed by atoms with Crippen molar-refractivity contribution in [3.63, 3.8) is 0 Å². The van der Waals surface area contributed by atoms with Crippen LogP contribution in [0.15, 0.2) is 41.5 Å². The summed E-state index contributed by atoms with van der Waals surface area (Å²) in [5.41, 5.74) is 3.51. The molecule has 1 N–H and O–H groups in total. The van der Waals surface area contributed by atoms with Crippen LogP contribution in [-0.4, -0.2) is 10.8 Å². The molecule has 3 nitrogen and oxygen atoms in total. The summed E-state index contributed by atoms with van der Waals surface area (Å²) in [5.74, 6) is 0.452. The van der Waals surface area contributed by atoms with Gasteiger partial charge in [-0.25, -0.2) is 4.39 Å².